The van der Waals surface area contributed by atoms with Gasteiger partial charge in [-0.3, -0.25) is 0 Å². The van der Waals surface area contributed by atoms with Gasteiger partial charge in [0.2, 0.25) is 0 Å². The zero-order chi connectivity index (χ0) is 13.0. The van der Waals surface area contributed by atoms with Crippen LogP contribution in [0.1, 0.15) is 29.8 Å². The molecule has 18 heavy (non-hydrogen) atoms. The molecule has 1 heterocycles. The van der Waals surface area contributed by atoms with E-state index in [0.717, 1.165) is 12.5 Å². The molecule has 0 fully saturated rings. The summed E-state index contributed by atoms with van der Waals surface area (Å²) in [7, 11) is 0. The van der Waals surface area contributed by atoms with Crippen molar-refractivity contribution in [2.75, 3.05) is 0 Å². The molecule has 96 valence electrons. The summed E-state index contributed by atoms with van der Waals surface area (Å²) in [5.41, 5.74) is 0.366. The van der Waals surface area contributed by atoms with Crippen LogP contribution < -0.4 is 5.32 Å². The first-order valence-electron chi connectivity index (χ1n) is 5.91. The zero-order valence-electron chi connectivity index (χ0n) is 10.1. The summed E-state index contributed by atoms with van der Waals surface area (Å²) in [6.45, 7) is 2.40. The van der Waals surface area contributed by atoms with Crippen molar-refractivity contribution >= 4 is 11.3 Å². The Bertz CT molecular complexity index is 497. The third-order valence-electron chi connectivity index (χ3n) is 2.84. The molecule has 0 saturated carbocycles. The molecular formula is C14H15F2NS. The van der Waals surface area contributed by atoms with E-state index in [1.165, 1.54) is 17.0 Å². The number of nitrogens with one attached hydrogen (secondary N) is 1. The largest absolute Gasteiger partial charge is 0.305 e. The lowest BCUT2D eigenvalue weighted by Gasteiger charge is -2.15. The first kappa shape index (κ1) is 13.2. The minimum atomic E-state index is -0.405. The predicted molar refractivity (Wildman–Crippen MR) is 70.5 cm³/mol. The Morgan fingerprint density at radius 2 is 2.11 bits per heavy atom. The molecule has 2 aromatic rings. The van der Waals surface area contributed by atoms with Gasteiger partial charge in [-0.1, -0.05) is 13.0 Å². The molecule has 0 saturated heterocycles. The van der Waals surface area contributed by atoms with Gasteiger partial charge in [0.05, 0.1) is 0 Å². The maximum absolute atomic E-state index is 13.5. The Morgan fingerprint density at radius 1 is 1.28 bits per heavy atom. The van der Waals surface area contributed by atoms with E-state index in [9.17, 15) is 8.78 Å². The summed E-state index contributed by atoms with van der Waals surface area (Å²) in [6.07, 6.45) is 0.914. The lowest BCUT2D eigenvalue weighted by atomic mass is 10.1. The number of benzene rings is 1. The van der Waals surface area contributed by atoms with E-state index in [1.807, 2.05) is 17.5 Å². The third kappa shape index (κ3) is 3.15. The molecule has 4 heteroatoms. The number of hydrogen-bond donors (Lipinski definition) is 1. The van der Waals surface area contributed by atoms with Gasteiger partial charge >= 0.3 is 0 Å². The quantitative estimate of drug-likeness (QED) is 0.853. The van der Waals surface area contributed by atoms with Crippen LogP contribution in [0.15, 0.2) is 35.7 Å². The molecular weight excluding hydrogens is 252 g/mol. The highest BCUT2D eigenvalue weighted by atomic mass is 32.1. The molecule has 1 aromatic heterocycles. The molecule has 1 N–H and O–H groups in total. The molecule has 2 rings (SSSR count). The molecule has 1 aromatic carbocycles. The summed E-state index contributed by atoms with van der Waals surface area (Å²) in [6, 6.07) is 7.77. The van der Waals surface area contributed by atoms with Crippen LogP contribution in [0.25, 0.3) is 0 Å². The molecule has 0 aliphatic carbocycles. The monoisotopic (exact) mass is 267 g/mol. The van der Waals surface area contributed by atoms with E-state index < -0.39 is 5.82 Å². The van der Waals surface area contributed by atoms with E-state index in [4.69, 9.17) is 0 Å². The van der Waals surface area contributed by atoms with Crippen molar-refractivity contribution in [3.05, 3.63) is 57.8 Å². The van der Waals surface area contributed by atoms with Crippen molar-refractivity contribution in [3.63, 3.8) is 0 Å². The average molecular weight is 267 g/mol. The lowest BCUT2D eigenvalue weighted by Crippen LogP contribution is -2.20. The highest BCUT2D eigenvalue weighted by Gasteiger charge is 2.11. The van der Waals surface area contributed by atoms with E-state index in [2.05, 4.69) is 12.2 Å². The van der Waals surface area contributed by atoms with E-state index in [-0.39, 0.29) is 11.9 Å². The number of halogens is 2. The molecule has 1 unspecified atom stereocenters. The molecule has 0 aliphatic heterocycles. The van der Waals surface area contributed by atoms with Crippen molar-refractivity contribution in [2.24, 2.45) is 0 Å². The molecule has 0 spiro atoms. The van der Waals surface area contributed by atoms with Gasteiger partial charge in [0, 0.05) is 23.0 Å². The zero-order valence-corrected chi connectivity index (χ0v) is 10.9. The van der Waals surface area contributed by atoms with E-state index in [0.29, 0.717) is 12.1 Å². The van der Waals surface area contributed by atoms with Gasteiger partial charge in [-0.15, -0.1) is 11.3 Å². The van der Waals surface area contributed by atoms with E-state index >= 15 is 0 Å². The van der Waals surface area contributed by atoms with Gasteiger partial charge in [-0.2, -0.15) is 0 Å². The van der Waals surface area contributed by atoms with Crippen LogP contribution in [-0.4, -0.2) is 0 Å². The van der Waals surface area contributed by atoms with Crippen LogP contribution in [-0.2, 0) is 6.54 Å². The van der Waals surface area contributed by atoms with E-state index in [1.54, 1.807) is 11.3 Å². The second-order valence-electron chi connectivity index (χ2n) is 4.09. The van der Waals surface area contributed by atoms with Crippen molar-refractivity contribution in [2.45, 2.75) is 25.9 Å². The lowest BCUT2D eigenvalue weighted by molar-refractivity contribution is 0.506. The third-order valence-corrected chi connectivity index (χ3v) is 3.83. The topological polar surface area (TPSA) is 12.0 Å². The minimum absolute atomic E-state index is 0.188. The van der Waals surface area contributed by atoms with Gasteiger partial charge in [-0.05, 0) is 36.1 Å². The summed E-state index contributed by atoms with van der Waals surface area (Å²) in [4.78, 5) is 1.22. The summed E-state index contributed by atoms with van der Waals surface area (Å²) in [5, 5.41) is 5.28. The first-order chi connectivity index (χ1) is 8.70. The highest BCUT2D eigenvalue weighted by molar-refractivity contribution is 7.10. The van der Waals surface area contributed by atoms with Crippen LogP contribution in [0, 0.1) is 11.6 Å². The summed E-state index contributed by atoms with van der Waals surface area (Å²) >= 11 is 1.67. The Balaban J connectivity index is 2.04. The van der Waals surface area contributed by atoms with Crippen molar-refractivity contribution < 1.29 is 8.78 Å². The van der Waals surface area contributed by atoms with Gasteiger partial charge in [-0.25, -0.2) is 8.78 Å². The normalized spacial score (nSPS) is 12.6. The number of hydrogen-bond acceptors (Lipinski definition) is 2. The average Bonchev–Trinajstić information content (AvgIpc) is 2.88. The van der Waals surface area contributed by atoms with Crippen LogP contribution >= 0.6 is 11.3 Å². The van der Waals surface area contributed by atoms with Crippen molar-refractivity contribution in [1.29, 1.82) is 0 Å². The predicted octanol–water partition coefficient (Wildman–Crippen LogP) is 4.27. The van der Waals surface area contributed by atoms with Crippen molar-refractivity contribution in [3.8, 4) is 0 Å². The molecule has 0 amide bonds. The Morgan fingerprint density at radius 3 is 2.78 bits per heavy atom. The van der Waals surface area contributed by atoms with Gasteiger partial charge in [0.15, 0.2) is 0 Å². The summed E-state index contributed by atoms with van der Waals surface area (Å²) in [5.74, 6) is -0.776. The standard InChI is InChI=1S/C14H15F2NS/c1-2-13(14-4-3-7-18-14)17-9-10-8-11(15)5-6-12(10)16/h3-8,13,17H,2,9H2,1H3. The van der Waals surface area contributed by atoms with Gasteiger partial charge in [0.25, 0.3) is 0 Å². The highest BCUT2D eigenvalue weighted by Crippen LogP contribution is 2.22. The van der Waals surface area contributed by atoms with Crippen LogP contribution in [0.4, 0.5) is 8.78 Å². The molecule has 1 atom stereocenters. The molecule has 0 aliphatic rings. The second kappa shape index (κ2) is 6.07. The summed E-state index contributed by atoms with van der Waals surface area (Å²) < 4.78 is 26.5. The Kier molecular flexibility index (Phi) is 4.44. The second-order valence-corrected chi connectivity index (χ2v) is 5.07. The van der Waals surface area contributed by atoms with Crippen LogP contribution in [0.5, 0.6) is 0 Å². The Labute approximate surface area is 109 Å². The first-order valence-corrected chi connectivity index (χ1v) is 6.79. The minimum Gasteiger partial charge on any atom is -0.305 e. The fourth-order valence-corrected chi connectivity index (χ4v) is 2.73. The number of thiophene rings is 1. The fourth-order valence-electron chi connectivity index (χ4n) is 1.85. The molecule has 1 nitrogen and oxygen atoms in total. The molecule has 0 bridgehead atoms. The fraction of sp³-hybridized carbons (Fsp3) is 0.286. The SMILES string of the molecule is CCC(NCc1cc(F)ccc1F)c1cccs1. The smallest absolute Gasteiger partial charge is 0.127 e. The van der Waals surface area contributed by atoms with Gasteiger partial charge in [0.1, 0.15) is 11.6 Å². The maximum Gasteiger partial charge on any atom is 0.127 e. The van der Waals surface area contributed by atoms with Crippen molar-refractivity contribution in [1.82, 2.24) is 5.32 Å². The van der Waals surface area contributed by atoms with Crippen LogP contribution in [0.2, 0.25) is 0 Å². The van der Waals surface area contributed by atoms with Crippen LogP contribution in [0.3, 0.4) is 0 Å². The van der Waals surface area contributed by atoms with Gasteiger partial charge < -0.3 is 5.32 Å². The number of rotatable bonds is 5. The molecule has 0 radical (unpaired) electrons. The maximum atomic E-state index is 13.5. The Hall–Kier alpha value is -1.26.